The molecule has 0 fully saturated rings. The van der Waals surface area contributed by atoms with Gasteiger partial charge in [-0.15, -0.1) is 0 Å². The third-order valence-corrected chi connectivity index (χ3v) is 5.36. The van der Waals surface area contributed by atoms with Gasteiger partial charge in [0.2, 0.25) is 0 Å². The number of nitrogens with zero attached hydrogens (tertiary/aromatic N) is 2. The van der Waals surface area contributed by atoms with Gasteiger partial charge in [-0.1, -0.05) is 82.5 Å². The van der Waals surface area contributed by atoms with Crippen molar-refractivity contribution in [2.45, 2.75) is 73.6 Å². The molecule has 1 unspecified atom stereocenters. The molecule has 0 spiro atoms. The van der Waals surface area contributed by atoms with E-state index in [1.807, 2.05) is 6.20 Å². The Kier molecular flexibility index (Phi) is 8.04. The molecule has 0 radical (unpaired) electrons. The van der Waals surface area contributed by atoms with Crippen molar-refractivity contribution in [2.24, 2.45) is 0 Å². The van der Waals surface area contributed by atoms with E-state index >= 15 is 0 Å². The Morgan fingerprint density at radius 1 is 0.929 bits per heavy atom. The van der Waals surface area contributed by atoms with Gasteiger partial charge in [0.15, 0.2) is 0 Å². The second kappa shape index (κ2) is 10.3. The smallest absolute Gasteiger partial charge is 0.144 e. The van der Waals surface area contributed by atoms with Crippen molar-refractivity contribution in [3.05, 3.63) is 71.0 Å². The maximum absolute atomic E-state index is 4.71. The summed E-state index contributed by atoms with van der Waals surface area (Å²) in [5.41, 5.74) is 7.72. The molecule has 0 saturated heterocycles. The summed E-state index contributed by atoms with van der Waals surface area (Å²) >= 11 is 0. The van der Waals surface area contributed by atoms with E-state index in [1.54, 1.807) is 0 Å². The lowest BCUT2D eigenvalue weighted by molar-refractivity contribution is 0.734. The highest BCUT2D eigenvalue weighted by Gasteiger charge is 2.16. The molecule has 0 aliphatic carbocycles. The maximum Gasteiger partial charge on any atom is 0.144 e. The molecule has 1 aromatic heterocycles. The molecule has 28 heavy (non-hydrogen) atoms. The van der Waals surface area contributed by atoms with Crippen LogP contribution in [0.3, 0.4) is 0 Å². The Labute approximate surface area is 171 Å². The zero-order valence-electron chi connectivity index (χ0n) is 18.7. The van der Waals surface area contributed by atoms with Crippen LogP contribution in [0.1, 0.15) is 75.1 Å². The van der Waals surface area contributed by atoms with Gasteiger partial charge in [-0.3, -0.25) is 4.57 Å². The Bertz CT molecular complexity index is 864. The first-order chi connectivity index (χ1) is 13.4. The molecular formula is C26H36N2. The summed E-state index contributed by atoms with van der Waals surface area (Å²) in [5, 5.41) is 0. The molecule has 0 amide bonds. The summed E-state index contributed by atoms with van der Waals surface area (Å²) < 4.78 is 2.24. The molecule has 2 heteroatoms. The van der Waals surface area contributed by atoms with E-state index in [9.17, 15) is 0 Å². The van der Waals surface area contributed by atoms with Crippen molar-refractivity contribution in [3.63, 3.8) is 0 Å². The van der Waals surface area contributed by atoms with Crippen LogP contribution in [0.15, 0.2) is 48.8 Å². The molecule has 0 N–H and O–H groups in total. The van der Waals surface area contributed by atoms with Crippen LogP contribution < -0.4 is 0 Å². The molecule has 1 atom stereocenters. The topological polar surface area (TPSA) is 17.8 Å². The van der Waals surface area contributed by atoms with Crippen molar-refractivity contribution in [1.29, 1.82) is 0 Å². The molecule has 0 saturated carbocycles. The SMILES string of the molecule is CCC(C)c1ccccc1-c1nccn1-c1c(C)cc(C)cc1C.CCCC. The van der Waals surface area contributed by atoms with E-state index < -0.39 is 0 Å². The van der Waals surface area contributed by atoms with E-state index in [-0.39, 0.29) is 0 Å². The third-order valence-electron chi connectivity index (χ3n) is 5.36. The Balaban J connectivity index is 0.000000640. The van der Waals surface area contributed by atoms with Crippen molar-refractivity contribution in [2.75, 3.05) is 0 Å². The molecule has 0 aliphatic heterocycles. The predicted octanol–water partition coefficient (Wildman–Crippen LogP) is 7.78. The Morgan fingerprint density at radius 2 is 1.54 bits per heavy atom. The van der Waals surface area contributed by atoms with E-state index in [2.05, 4.69) is 95.6 Å². The molecule has 0 bridgehead atoms. The van der Waals surface area contributed by atoms with Crippen molar-refractivity contribution < 1.29 is 0 Å². The summed E-state index contributed by atoms with van der Waals surface area (Å²) in [6.07, 6.45) is 7.75. The Hall–Kier alpha value is -2.35. The van der Waals surface area contributed by atoms with Gasteiger partial charge in [0, 0.05) is 18.0 Å². The van der Waals surface area contributed by atoms with Crippen LogP contribution in [0.5, 0.6) is 0 Å². The van der Waals surface area contributed by atoms with Crippen LogP contribution in [-0.4, -0.2) is 9.55 Å². The van der Waals surface area contributed by atoms with E-state index in [0.717, 1.165) is 12.2 Å². The lowest BCUT2D eigenvalue weighted by Gasteiger charge is -2.18. The maximum atomic E-state index is 4.71. The van der Waals surface area contributed by atoms with Gasteiger partial charge in [-0.05, 0) is 49.8 Å². The molecule has 1 heterocycles. The minimum Gasteiger partial charge on any atom is -0.299 e. The van der Waals surface area contributed by atoms with Crippen LogP contribution in [0.25, 0.3) is 17.1 Å². The van der Waals surface area contributed by atoms with Crippen molar-refractivity contribution in [1.82, 2.24) is 9.55 Å². The second-order valence-corrected chi connectivity index (χ2v) is 7.76. The highest BCUT2D eigenvalue weighted by atomic mass is 15.1. The van der Waals surface area contributed by atoms with Crippen LogP contribution >= 0.6 is 0 Å². The summed E-state index contributed by atoms with van der Waals surface area (Å²) in [7, 11) is 0. The van der Waals surface area contributed by atoms with Gasteiger partial charge in [-0.2, -0.15) is 0 Å². The van der Waals surface area contributed by atoms with Gasteiger partial charge >= 0.3 is 0 Å². The van der Waals surface area contributed by atoms with E-state index in [1.165, 1.54) is 46.3 Å². The van der Waals surface area contributed by atoms with Gasteiger partial charge in [0.1, 0.15) is 5.82 Å². The number of aryl methyl sites for hydroxylation is 3. The normalized spacial score (nSPS) is 11.7. The summed E-state index contributed by atoms with van der Waals surface area (Å²) in [4.78, 5) is 4.71. The zero-order chi connectivity index (χ0) is 20.7. The van der Waals surface area contributed by atoms with Crippen LogP contribution in [0.2, 0.25) is 0 Å². The fourth-order valence-corrected chi connectivity index (χ4v) is 3.59. The fraction of sp³-hybridized carbons (Fsp3) is 0.423. The van der Waals surface area contributed by atoms with Gasteiger partial charge in [-0.25, -0.2) is 4.98 Å². The average Bonchev–Trinajstić information content (AvgIpc) is 3.16. The number of benzene rings is 2. The van der Waals surface area contributed by atoms with Gasteiger partial charge < -0.3 is 0 Å². The highest BCUT2D eigenvalue weighted by molar-refractivity contribution is 5.65. The fourth-order valence-electron chi connectivity index (χ4n) is 3.59. The second-order valence-electron chi connectivity index (χ2n) is 7.76. The molecule has 0 aliphatic rings. The molecular weight excluding hydrogens is 340 g/mol. The van der Waals surface area contributed by atoms with Crippen LogP contribution in [0, 0.1) is 20.8 Å². The first-order valence-corrected chi connectivity index (χ1v) is 10.6. The first-order valence-electron chi connectivity index (χ1n) is 10.6. The molecule has 2 nitrogen and oxygen atoms in total. The first kappa shape index (κ1) is 21.9. The minimum absolute atomic E-state index is 0.520. The number of hydrogen-bond donors (Lipinski definition) is 0. The van der Waals surface area contributed by atoms with Crippen molar-refractivity contribution in [3.8, 4) is 17.1 Å². The van der Waals surface area contributed by atoms with E-state index in [4.69, 9.17) is 4.98 Å². The van der Waals surface area contributed by atoms with Crippen molar-refractivity contribution >= 4 is 0 Å². The molecule has 3 rings (SSSR count). The summed E-state index contributed by atoms with van der Waals surface area (Å²) in [6, 6.07) is 13.1. The quantitative estimate of drug-likeness (QED) is 0.444. The lowest BCUT2D eigenvalue weighted by Crippen LogP contribution is -2.04. The number of unbranched alkanes of at least 4 members (excludes halogenated alkanes) is 1. The third kappa shape index (κ3) is 4.92. The van der Waals surface area contributed by atoms with Gasteiger partial charge in [0.05, 0.1) is 5.69 Å². The predicted molar refractivity (Wildman–Crippen MR) is 122 cm³/mol. The molecule has 3 aromatic rings. The number of aromatic nitrogens is 2. The average molecular weight is 377 g/mol. The minimum atomic E-state index is 0.520. The highest BCUT2D eigenvalue weighted by Crippen LogP contribution is 2.32. The monoisotopic (exact) mass is 376 g/mol. The largest absolute Gasteiger partial charge is 0.299 e. The van der Waals surface area contributed by atoms with E-state index in [0.29, 0.717) is 5.92 Å². The standard InChI is InChI=1S/C22H26N2.C4H10/c1-6-16(3)19-9-7-8-10-20(19)22-23-11-12-24(22)21-17(4)13-15(2)14-18(21)5;1-3-4-2/h7-14,16H,6H2,1-5H3;3-4H2,1-2H3. The Morgan fingerprint density at radius 3 is 2.11 bits per heavy atom. The van der Waals surface area contributed by atoms with Crippen LogP contribution in [0.4, 0.5) is 0 Å². The number of rotatable bonds is 5. The summed E-state index contributed by atoms with van der Waals surface area (Å²) in [6.45, 7) is 15.4. The number of hydrogen-bond acceptors (Lipinski definition) is 1. The lowest BCUT2D eigenvalue weighted by atomic mass is 9.93. The van der Waals surface area contributed by atoms with Crippen LogP contribution in [-0.2, 0) is 0 Å². The van der Waals surface area contributed by atoms with Gasteiger partial charge in [0.25, 0.3) is 0 Å². The summed E-state index contributed by atoms with van der Waals surface area (Å²) in [5.74, 6) is 1.55. The number of imidazole rings is 1. The zero-order valence-corrected chi connectivity index (χ0v) is 18.7. The molecule has 150 valence electrons. The molecule has 2 aromatic carbocycles.